The third-order valence-corrected chi connectivity index (χ3v) is 7.35. The fourth-order valence-electron chi connectivity index (χ4n) is 3.43. The van der Waals surface area contributed by atoms with Crippen molar-refractivity contribution >= 4 is 33.4 Å². The van der Waals surface area contributed by atoms with Crippen LogP contribution in [0.1, 0.15) is 13.3 Å². The Bertz CT molecular complexity index is 847. The highest BCUT2D eigenvalue weighted by Gasteiger charge is 2.37. The number of halogens is 1. The summed E-state index contributed by atoms with van der Waals surface area (Å²) in [6.45, 7) is 3.68. The number of rotatable bonds is 4. The molecular formula is C18H24ClN3O5S. The van der Waals surface area contributed by atoms with Gasteiger partial charge in [0.2, 0.25) is 15.9 Å². The Kier molecular flexibility index (Phi) is 6.59. The highest BCUT2D eigenvalue weighted by atomic mass is 35.5. The number of morpholine rings is 1. The lowest BCUT2D eigenvalue weighted by atomic mass is 10.2. The first-order valence-corrected chi connectivity index (χ1v) is 11.1. The van der Waals surface area contributed by atoms with Gasteiger partial charge in [-0.15, -0.1) is 0 Å². The average molecular weight is 430 g/mol. The summed E-state index contributed by atoms with van der Waals surface area (Å²) >= 11 is 6.06. The van der Waals surface area contributed by atoms with Gasteiger partial charge < -0.3 is 14.5 Å². The number of likely N-dealkylation sites (N-methyl/N-ethyl adjacent to an activating group) is 1. The van der Waals surface area contributed by atoms with Crippen molar-refractivity contribution in [2.45, 2.75) is 24.3 Å². The zero-order valence-electron chi connectivity index (χ0n) is 15.7. The van der Waals surface area contributed by atoms with Crippen LogP contribution in [0.15, 0.2) is 29.2 Å². The van der Waals surface area contributed by atoms with Crippen LogP contribution in [-0.4, -0.2) is 86.3 Å². The van der Waals surface area contributed by atoms with Crippen molar-refractivity contribution in [2.75, 3.05) is 45.9 Å². The fourth-order valence-corrected chi connectivity index (χ4v) is 5.35. The number of sulfonamides is 1. The van der Waals surface area contributed by atoms with Crippen LogP contribution in [0, 0.1) is 0 Å². The Hall–Kier alpha value is -1.68. The molecule has 0 spiro atoms. The van der Waals surface area contributed by atoms with Crippen LogP contribution < -0.4 is 0 Å². The summed E-state index contributed by atoms with van der Waals surface area (Å²) in [5.74, 6) is -0.463. The lowest BCUT2D eigenvalue weighted by Crippen LogP contribution is -2.53. The molecule has 1 atom stereocenters. The summed E-state index contributed by atoms with van der Waals surface area (Å²) in [7, 11) is -3.85. The van der Waals surface area contributed by atoms with Crippen LogP contribution in [0.3, 0.4) is 0 Å². The van der Waals surface area contributed by atoms with E-state index in [4.69, 9.17) is 16.3 Å². The Morgan fingerprint density at radius 3 is 2.71 bits per heavy atom. The van der Waals surface area contributed by atoms with E-state index >= 15 is 0 Å². The molecule has 28 heavy (non-hydrogen) atoms. The zero-order valence-corrected chi connectivity index (χ0v) is 17.3. The summed E-state index contributed by atoms with van der Waals surface area (Å²) in [6, 6.07) is 6.21. The van der Waals surface area contributed by atoms with E-state index in [9.17, 15) is 18.0 Å². The van der Waals surface area contributed by atoms with E-state index in [0.29, 0.717) is 26.1 Å². The minimum absolute atomic E-state index is 0.00769. The molecule has 10 heteroatoms. The van der Waals surface area contributed by atoms with E-state index in [1.165, 1.54) is 21.3 Å². The molecule has 2 aliphatic rings. The van der Waals surface area contributed by atoms with E-state index in [0.717, 1.165) is 0 Å². The van der Waals surface area contributed by atoms with Gasteiger partial charge in [-0.2, -0.15) is 4.31 Å². The van der Waals surface area contributed by atoms with Crippen molar-refractivity contribution in [3.8, 4) is 0 Å². The van der Waals surface area contributed by atoms with Gasteiger partial charge in [-0.25, -0.2) is 8.42 Å². The zero-order chi connectivity index (χ0) is 20.3. The molecule has 1 aromatic rings. The average Bonchev–Trinajstić information content (AvgIpc) is 2.88. The monoisotopic (exact) mass is 429 g/mol. The van der Waals surface area contributed by atoms with Gasteiger partial charge in [0.25, 0.3) is 5.91 Å². The lowest BCUT2D eigenvalue weighted by Gasteiger charge is -2.34. The highest BCUT2D eigenvalue weighted by Crippen LogP contribution is 2.26. The third kappa shape index (κ3) is 4.32. The van der Waals surface area contributed by atoms with Crippen LogP contribution in [-0.2, 0) is 24.3 Å². The Morgan fingerprint density at radius 1 is 1.25 bits per heavy atom. The highest BCUT2D eigenvalue weighted by molar-refractivity contribution is 7.89. The number of carbonyl (C=O) groups excluding carboxylic acids is 2. The van der Waals surface area contributed by atoms with Gasteiger partial charge in [0, 0.05) is 32.7 Å². The Morgan fingerprint density at radius 2 is 2.00 bits per heavy atom. The molecule has 0 aliphatic carbocycles. The van der Waals surface area contributed by atoms with Crippen molar-refractivity contribution in [1.82, 2.24) is 14.1 Å². The third-order valence-electron chi connectivity index (χ3n) is 4.99. The number of hydrogen-bond acceptors (Lipinski definition) is 5. The molecule has 1 aromatic carbocycles. The molecule has 0 radical (unpaired) electrons. The maximum absolute atomic E-state index is 12.9. The van der Waals surface area contributed by atoms with E-state index in [1.54, 1.807) is 17.0 Å². The first kappa shape index (κ1) is 21.0. The molecule has 0 aromatic heterocycles. The molecular weight excluding hydrogens is 406 g/mol. The van der Waals surface area contributed by atoms with Gasteiger partial charge in [-0.1, -0.05) is 23.7 Å². The number of benzene rings is 1. The van der Waals surface area contributed by atoms with Crippen LogP contribution in [0.2, 0.25) is 5.02 Å². The SMILES string of the molecule is CCN1CCCN(C(=O)[C@@H]2CN(S(=O)(=O)c3ccccc3Cl)CCO2)CC1=O. The quantitative estimate of drug-likeness (QED) is 0.706. The van der Waals surface area contributed by atoms with E-state index in [1.807, 2.05) is 6.92 Å². The minimum Gasteiger partial charge on any atom is -0.366 e. The van der Waals surface area contributed by atoms with Gasteiger partial charge in [-0.05, 0) is 25.5 Å². The first-order chi connectivity index (χ1) is 13.3. The standard InChI is InChI=1S/C18H24ClN3O5S/c1-2-20-8-5-9-21(13-17(20)23)18(24)15-12-22(10-11-27-15)28(25,26)16-7-4-3-6-14(16)19/h3-4,6-7,15H,2,5,8-13H2,1H3/t15-/m0/s1. The molecule has 2 heterocycles. The van der Waals surface area contributed by atoms with Crippen molar-refractivity contribution in [3.63, 3.8) is 0 Å². The van der Waals surface area contributed by atoms with Gasteiger partial charge in [0.05, 0.1) is 18.2 Å². The summed E-state index contributed by atoms with van der Waals surface area (Å²) in [5.41, 5.74) is 0. The molecule has 2 amide bonds. The second-order valence-electron chi connectivity index (χ2n) is 6.74. The lowest BCUT2D eigenvalue weighted by molar-refractivity contribution is -0.150. The van der Waals surface area contributed by atoms with Gasteiger partial charge in [-0.3, -0.25) is 9.59 Å². The molecule has 3 rings (SSSR count). The molecule has 0 saturated carbocycles. The molecule has 0 bridgehead atoms. The van der Waals surface area contributed by atoms with E-state index in [2.05, 4.69) is 0 Å². The molecule has 8 nitrogen and oxygen atoms in total. The molecule has 0 unspecified atom stereocenters. The number of carbonyl (C=O) groups is 2. The largest absolute Gasteiger partial charge is 0.366 e. The molecule has 154 valence electrons. The van der Waals surface area contributed by atoms with Crippen LogP contribution in [0.4, 0.5) is 0 Å². The summed E-state index contributed by atoms with van der Waals surface area (Å²) in [6.07, 6.45) is -0.258. The van der Waals surface area contributed by atoms with Crippen molar-refractivity contribution < 1.29 is 22.7 Å². The second kappa shape index (κ2) is 8.77. The normalized spacial score (nSPS) is 22.2. The summed E-state index contributed by atoms with van der Waals surface area (Å²) in [5, 5.41) is 0.134. The Balaban J connectivity index is 1.73. The predicted octanol–water partition coefficient (Wildman–Crippen LogP) is 0.810. The smallest absolute Gasteiger partial charge is 0.253 e. The van der Waals surface area contributed by atoms with E-state index < -0.39 is 16.1 Å². The van der Waals surface area contributed by atoms with Gasteiger partial charge in [0.15, 0.2) is 0 Å². The molecule has 2 aliphatic heterocycles. The predicted molar refractivity (Wildman–Crippen MR) is 103 cm³/mol. The van der Waals surface area contributed by atoms with Crippen molar-refractivity contribution in [2.24, 2.45) is 0 Å². The van der Waals surface area contributed by atoms with Gasteiger partial charge >= 0.3 is 0 Å². The number of nitrogens with zero attached hydrogens (tertiary/aromatic N) is 3. The Labute approximate surface area is 170 Å². The van der Waals surface area contributed by atoms with Gasteiger partial charge in [0.1, 0.15) is 11.0 Å². The summed E-state index contributed by atoms with van der Waals surface area (Å²) < 4.78 is 32.7. The van der Waals surface area contributed by atoms with Crippen LogP contribution in [0.25, 0.3) is 0 Å². The number of hydrogen-bond donors (Lipinski definition) is 0. The maximum atomic E-state index is 12.9. The first-order valence-electron chi connectivity index (χ1n) is 9.27. The van der Waals surface area contributed by atoms with Crippen LogP contribution >= 0.6 is 11.6 Å². The molecule has 0 N–H and O–H groups in total. The molecule has 2 saturated heterocycles. The fraction of sp³-hybridized carbons (Fsp3) is 0.556. The van der Waals surface area contributed by atoms with E-state index in [-0.39, 0.29) is 48.0 Å². The summed E-state index contributed by atoms with van der Waals surface area (Å²) in [4.78, 5) is 28.4. The van der Waals surface area contributed by atoms with Crippen molar-refractivity contribution in [1.29, 1.82) is 0 Å². The minimum atomic E-state index is -3.85. The number of ether oxygens (including phenoxy) is 1. The topological polar surface area (TPSA) is 87.2 Å². The van der Waals surface area contributed by atoms with Crippen LogP contribution in [0.5, 0.6) is 0 Å². The maximum Gasteiger partial charge on any atom is 0.253 e. The molecule has 2 fully saturated rings. The number of amides is 2. The van der Waals surface area contributed by atoms with Crippen molar-refractivity contribution in [3.05, 3.63) is 29.3 Å². The second-order valence-corrected chi connectivity index (χ2v) is 9.05.